The predicted octanol–water partition coefficient (Wildman–Crippen LogP) is 5.61. The molecule has 168 valence electrons. The number of alkyl carbamates (subject to hydrolysis) is 1. The first-order chi connectivity index (χ1) is 16.0. The summed E-state index contributed by atoms with van der Waals surface area (Å²) in [6, 6.07) is 18.0. The maximum absolute atomic E-state index is 13.7. The van der Waals surface area contributed by atoms with Crippen molar-refractivity contribution in [2.75, 3.05) is 13.2 Å². The minimum Gasteiger partial charge on any atom is -0.477 e. The van der Waals surface area contributed by atoms with Crippen LogP contribution in [0.4, 0.5) is 13.6 Å². The lowest BCUT2D eigenvalue weighted by Gasteiger charge is -2.14. The monoisotopic (exact) mass is 449 g/mol. The van der Waals surface area contributed by atoms with E-state index in [9.17, 15) is 18.4 Å². The van der Waals surface area contributed by atoms with E-state index in [4.69, 9.17) is 9.84 Å². The van der Waals surface area contributed by atoms with E-state index < -0.39 is 29.3 Å². The molecule has 3 aromatic carbocycles. The van der Waals surface area contributed by atoms with Gasteiger partial charge in [0.15, 0.2) is 0 Å². The molecule has 1 amide bonds. The van der Waals surface area contributed by atoms with Crippen LogP contribution < -0.4 is 5.32 Å². The molecule has 0 bridgehead atoms. The first-order valence-corrected chi connectivity index (χ1v) is 10.4. The largest absolute Gasteiger partial charge is 0.477 e. The van der Waals surface area contributed by atoms with Crippen molar-refractivity contribution < 1.29 is 28.2 Å². The Bertz CT molecular complexity index is 1170. The third-order valence-corrected chi connectivity index (χ3v) is 5.51. The first kappa shape index (κ1) is 22.2. The maximum atomic E-state index is 13.7. The van der Waals surface area contributed by atoms with Crippen LogP contribution in [0.25, 0.3) is 17.2 Å². The van der Waals surface area contributed by atoms with Gasteiger partial charge in [-0.2, -0.15) is 0 Å². The highest BCUT2D eigenvalue weighted by atomic mass is 19.1. The van der Waals surface area contributed by atoms with E-state index in [0.717, 1.165) is 34.4 Å². The number of hydrogen-bond donors (Lipinski definition) is 2. The quantitative estimate of drug-likeness (QED) is 0.460. The van der Waals surface area contributed by atoms with Gasteiger partial charge < -0.3 is 15.2 Å². The fourth-order valence-corrected chi connectivity index (χ4v) is 4.02. The van der Waals surface area contributed by atoms with E-state index >= 15 is 0 Å². The zero-order valence-electron chi connectivity index (χ0n) is 17.6. The Hall–Kier alpha value is -4.00. The van der Waals surface area contributed by atoms with Crippen LogP contribution >= 0.6 is 0 Å². The lowest BCUT2D eigenvalue weighted by Crippen LogP contribution is -2.26. The Morgan fingerprint density at radius 2 is 1.55 bits per heavy atom. The Morgan fingerprint density at radius 3 is 2.12 bits per heavy atom. The molecule has 0 fully saturated rings. The van der Waals surface area contributed by atoms with Crippen LogP contribution in [0.5, 0.6) is 0 Å². The summed E-state index contributed by atoms with van der Waals surface area (Å²) >= 11 is 0. The molecule has 1 aliphatic carbocycles. The predicted molar refractivity (Wildman–Crippen MR) is 120 cm³/mol. The molecule has 0 aliphatic heterocycles. The number of rotatable bonds is 7. The minimum absolute atomic E-state index is 0.0263. The van der Waals surface area contributed by atoms with Crippen LogP contribution in [0.15, 0.2) is 66.7 Å². The number of aromatic carboxylic acids is 1. The zero-order valence-corrected chi connectivity index (χ0v) is 17.6. The highest BCUT2D eigenvalue weighted by Crippen LogP contribution is 2.44. The lowest BCUT2D eigenvalue weighted by atomic mass is 9.98. The molecular weight excluding hydrogens is 428 g/mol. The highest BCUT2D eigenvalue weighted by molar-refractivity contribution is 5.88. The molecule has 7 heteroatoms. The number of nitrogens with one attached hydrogen (secondary N) is 1. The minimum atomic E-state index is -1.66. The van der Waals surface area contributed by atoms with E-state index in [0.29, 0.717) is 6.42 Å². The summed E-state index contributed by atoms with van der Waals surface area (Å²) < 4.78 is 32.9. The Morgan fingerprint density at radius 1 is 0.970 bits per heavy atom. The van der Waals surface area contributed by atoms with Gasteiger partial charge in [0.25, 0.3) is 0 Å². The van der Waals surface area contributed by atoms with Crippen LogP contribution in [0.1, 0.15) is 39.4 Å². The molecule has 0 unspecified atom stereocenters. The van der Waals surface area contributed by atoms with Gasteiger partial charge in [-0.15, -0.1) is 0 Å². The molecule has 0 heterocycles. The molecule has 33 heavy (non-hydrogen) atoms. The standard InChI is InChI=1S/C26H21F2NO4/c27-22-13-16(14-23(28)24(22)25(30)31)7-5-6-12-29-26(32)33-15-21-19-10-3-1-8-17(19)18-9-2-4-11-20(18)21/h1-5,7-11,13-14,21H,6,12,15H2,(H,29,32)(H,30,31). The van der Waals surface area contributed by atoms with Crippen LogP contribution in [0.2, 0.25) is 0 Å². The maximum Gasteiger partial charge on any atom is 0.407 e. The van der Waals surface area contributed by atoms with Gasteiger partial charge in [0.05, 0.1) is 0 Å². The Balaban J connectivity index is 1.28. The second-order valence-corrected chi connectivity index (χ2v) is 7.61. The van der Waals surface area contributed by atoms with E-state index in [1.165, 1.54) is 6.08 Å². The molecule has 0 atom stereocenters. The van der Waals surface area contributed by atoms with Gasteiger partial charge in [0.2, 0.25) is 0 Å². The number of fused-ring (bicyclic) bond motifs is 3. The van der Waals surface area contributed by atoms with Gasteiger partial charge in [-0.3, -0.25) is 0 Å². The highest BCUT2D eigenvalue weighted by Gasteiger charge is 2.28. The van der Waals surface area contributed by atoms with Crippen molar-refractivity contribution in [1.82, 2.24) is 5.32 Å². The van der Waals surface area contributed by atoms with Crippen LogP contribution in [-0.4, -0.2) is 30.3 Å². The second kappa shape index (κ2) is 9.65. The van der Waals surface area contributed by atoms with Crippen molar-refractivity contribution >= 4 is 18.1 Å². The molecule has 5 nitrogen and oxygen atoms in total. The van der Waals surface area contributed by atoms with E-state index in [-0.39, 0.29) is 24.6 Å². The van der Waals surface area contributed by atoms with E-state index in [1.54, 1.807) is 6.08 Å². The SMILES string of the molecule is O=C(NCCC=Cc1cc(F)c(C(=O)O)c(F)c1)OCC1c2ccccc2-c2ccccc21. The molecule has 1 aliphatic rings. The molecule has 0 aromatic heterocycles. The van der Waals surface area contributed by atoms with Gasteiger partial charge >= 0.3 is 12.1 Å². The van der Waals surface area contributed by atoms with Crippen molar-refractivity contribution in [3.05, 3.63) is 101 Å². The van der Waals surface area contributed by atoms with Gasteiger partial charge in [0, 0.05) is 12.5 Å². The number of amides is 1. The van der Waals surface area contributed by atoms with Crippen LogP contribution in [-0.2, 0) is 4.74 Å². The number of benzene rings is 3. The average Bonchev–Trinajstić information content (AvgIpc) is 3.10. The van der Waals surface area contributed by atoms with E-state index in [1.807, 2.05) is 36.4 Å². The molecule has 0 radical (unpaired) electrons. The van der Waals surface area contributed by atoms with Crippen LogP contribution in [0, 0.1) is 11.6 Å². The molecule has 2 N–H and O–H groups in total. The van der Waals surface area contributed by atoms with E-state index in [2.05, 4.69) is 17.4 Å². The third kappa shape index (κ3) is 4.77. The summed E-state index contributed by atoms with van der Waals surface area (Å²) in [5.74, 6) is -3.97. The lowest BCUT2D eigenvalue weighted by molar-refractivity contribution is 0.0686. The summed E-state index contributed by atoms with van der Waals surface area (Å²) in [6.07, 6.45) is 2.93. The Labute approximate surface area is 189 Å². The number of halogens is 2. The molecule has 0 spiro atoms. The number of carbonyl (C=O) groups excluding carboxylic acids is 1. The van der Waals surface area contributed by atoms with Gasteiger partial charge in [-0.25, -0.2) is 18.4 Å². The fourth-order valence-electron chi connectivity index (χ4n) is 4.02. The summed E-state index contributed by atoms with van der Waals surface area (Å²) in [5, 5.41) is 11.4. The molecule has 3 aromatic rings. The second-order valence-electron chi connectivity index (χ2n) is 7.61. The summed E-state index contributed by atoms with van der Waals surface area (Å²) in [4.78, 5) is 23.0. The molecular formula is C26H21F2NO4. The van der Waals surface area contributed by atoms with Crippen molar-refractivity contribution in [3.63, 3.8) is 0 Å². The van der Waals surface area contributed by atoms with Crippen molar-refractivity contribution in [2.24, 2.45) is 0 Å². The van der Waals surface area contributed by atoms with Gasteiger partial charge in [0.1, 0.15) is 23.8 Å². The topological polar surface area (TPSA) is 75.6 Å². The number of carbonyl (C=O) groups is 2. The number of carboxylic acid groups (broad SMARTS) is 1. The normalized spacial score (nSPS) is 12.4. The molecule has 0 saturated heterocycles. The summed E-state index contributed by atoms with van der Waals surface area (Å²) in [7, 11) is 0. The van der Waals surface area contributed by atoms with Crippen molar-refractivity contribution in [3.8, 4) is 11.1 Å². The first-order valence-electron chi connectivity index (χ1n) is 10.4. The smallest absolute Gasteiger partial charge is 0.407 e. The average molecular weight is 449 g/mol. The third-order valence-electron chi connectivity index (χ3n) is 5.51. The Kier molecular flexibility index (Phi) is 6.49. The summed E-state index contributed by atoms with van der Waals surface area (Å²) in [5.41, 5.74) is 3.76. The van der Waals surface area contributed by atoms with Crippen molar-refractivity contribution in [2.45, 2.75) is 12.3 Å². The van der Waals surface area contributed by atoms with Crippen molar-refractivity contribution in [1.29, 1.82) is 0 Å². The zero-order chi connectivity index (χ0) is 23.4. The summed E-state index contributed by atoms with van der Waals surface area (Å²) in [6.45, 7) is 0.482. The number of hydrogen-bond acceptors (Lipinski definition) is 3. The van der Waals surface area contributed by atoms with Gasteiger partial charge in [-0.05, 0) is 46.4 Å². The van der Waals surface area contributed by atoms with Crippen LogP contribution in [0.3, 0.4) is 0 Å². The fraction of sp³-hybridized carbons (Fsp3) is 0.154. The molecule has 4 rings (SSSR count). The number of ether oxygens (including phenoxy) is 1. The molecule has 0 saturated carbocycles. The van der Waals surface area contributed by atoms with Gasteiger partial charge in [-0.1, -0.05) is 60.7 Å². The number of carboxylic acids is 1.